The summed E-state index contributed by atoms with van der Waals surface area (Å²) < 4.78 is 0. The molecule has 0 aliphatic heterocycles. The van der Waals surface area contributed by atoms with Gasteiger partial charge in [0.2, 0.25) is 0 Å². The van der Waals surface area contributed by atoms with E-state index in [-0.39, 0.29) is 55.4 Å². The first-order valence-corrected chi connectivity index (χ1v) is 0.408. The molecule has 5 nitrogen and oxygen atoms in total. The molecule has 0 aliphatic rings. The molecule has 0 amide bonds. The van der Waals surface area contributed by atoms with Crippen molar-refractivity contribution in [3.05, 3.63) is 0 Å². The van der Waals surface area contributed by atoms with Crippen molar-refractivity contribution in [1.82, 2.24) is 0 Å². The molecule has 0 fully saturated rings. The Kier molecular flexibility index (Phi) is 26900. The van der Waals surface area contributed by atoms with Gasteiger partial charge in [0.25, 0.3) is 13.6 Å². The molecule has 0 atom stereocenters. The molecule has 0 rings (SSSR count). The SMILES string of the molecule is [C]=O.[C]=O.[O-2].[O-2].[O-2].[Rh+3].[Rh+3]. The maximum Gasteiger partial charge on any atom is 3.00 e. The van der Waals surface area contributed by atoms with Crippen molar-refractivity contribution >= 4 is 13.6 Å². The average Bonchev–Trinajstić information content (AvgIpc) is 1.50. The Morgan fingerprint density at radius 2 is 0.556 bits per heavy atom. The minimum absolute atomic E-state index is 0. The van der Waals surface area contributed by atoms with Gasteiger partial charge in [0.15, 0.2) is 0 Å². The minimum atomic E-state index is 0. The van der Waals surface area contributed by atoms with Crippen molar-refractivity contribution in [2.24, 2.45) is 0 Å². The Labute approximate surface area is 78.6 Å². The number of rotatable bonds is 0. The molecule has 0 aromatic heterocycles. The number of carbonyl (C=O) groups excluding carboxylic acids is 2. The molecule has 9 heavy (non-hydrogen) atoms. The fraction of sp³-hybridized carbons (Fsp3) is 0. The number of hydrogen-bond acceptors (Lipinski definition) is 2. The fourth-order valence-corrected chi connectivity index (χ4v) is 0. The van der Waals surface area contributed by atoms with Gasteiger partial charge in [0.1, 0.15) is 0 Å². The molecule has 0 spiro atoms. The van der Waals surface area contributed by atoms with E-state index in [4.69, 9.17) is 9.59 Å². The van der Waals surface area contributed by atoms with Gasteiger partial charge in [-0.1, -0.05) is 0 Å². The molecular weight excluding hydrogens is 310 g/mol. The molecule has 0 aromatic carbocycles. The molecule has 56 valence electrons. The summed E-state index contributed by atoms with van der Waals surface area (Å²) in [5.74, 6) is 0. The van der Waals surface area contributed by atoms with E-state index >= 15 is 0 Å². The third kappa shape index (κ3) is 1630. The second-order valence-corrected chi connectivity index (χ2v) is 0. The van der Waals surface area contributed by atoms with Gasteiger partial charge in [-0.25, -0.2) is 0 Å². The van der Waals surface area contributed by atoms with E-state index in [1.807, 2.05) is 0 Å². The molecule has 0 saturated heterocycles. The van der Waals surface area contributed by atoms with E-state index in [0.717, 1.165) is 0 Å². The van der Waals surface area contributed by atoms with Crippen LogP contribution in [0.2, 0.25) is 0 Å². The maximum absolute atomic E-state index is 7.50. The Balaban J connectivity index is -0.00000000114. The molecule has 0 bridgehead atoms. The van der Waals surface area contributed by atoms with E-state index in [0.29, 0.717) is 0 Å². The van der Waals surface area contributed by atoms with E-state index in [9.17, 15) is 0 Å². The maximum atomic E-state index is 7.50. The Bertz CT molecular complexity index is 14.9. The van der Waals surface area contributed by atoms with Crippen LogP contribution in [-0.4, -0.2) is 13.6 Å². The monoisotopic (exact) mass is 310 g/mol. The summed E-state index contributed by atoms with van der Waals surface area (Å²) in [6, 6.07) is 0. The van der Waals surface area contributed by atoms with E-state index < -0.39 is 0 Å². The first-order chi connectivity index (χ1) is 2.00. The van der Waals surface area contributed by atoms with Crippen LogP contribution in [0, 0.1) is 0 Å². The molecule has 0 heterocycles. The van der Waals surface area contributed by atoms with Crippen molar-refractivity contribution in [3.8, 4) is 0 Å². The zero-order chi connectivity index (χ0) is 4.00. The molecule has 0 saturated carbocycles. The molecule has 4 radical (unpaired) electrons. The summed E-state index contributed by atoms with van der Waals surface area (Å²) in [5.41, 5.74) is 0. The smallest absolute Gasteiger partial charge is 2.00 e. The van der Waals surface area contributed by atoms with Gasteiger partial charge in [-0.15, -0.1) is 0 Å². The summed E-state index contributed by atoms with van der Waals surface area (Å²) in [6.45, 7) is 9.00. The van der Waals surface area contributed by atoms with Crippen molar-refractivity contribution in [3.63, 3.8) is 0 Å². The normalized spacial score (nSPS) is 0.889. The van der Waals surface area contributed by atoms with Gasteiger partial charge in [0, 0.05) is 0 Å². The van der Waals surface area contributed by atoms with Crippen LogP contribution in [-0.2, 0) is 65.0 Å². The molecule has 0 aliphatic carbocycles. The standard InChI is InChI=1S/2CO.3O.2Rh/c2*1-2;;;;;/q;;3*-2;2*+3. The van der Waals surface area contributed by atoms with E-state index in [1.54, 1.807) is 0 Å². The van der Waals surface area contributed by atoms with Crippen molar-refractivity contribution < 1.29 is 65.0 Å². The van der Waals surface area contributed by atoms with E-state index in [2.05, 4.69) is 13.6 Å². The van der Waals surface area contributed by atoms with Crippen LogP contribution in [0.15, 0.2) is 0 Å². The van der Waals surface area contributed by atoms with E-state index in [1.165, 1.54) is 0 Å². The predicted octanol–water partition coefficient (Wildman–Crippen LogP) is -1.16. The Morgan fingerprint density at radius 1 is 0.556 bits per heavy atom. The van der Waals surface area contributed by atoms with Gasteiger partial charge in [-0.05, 0) is 0 Å². The Hall–Kier alpha value is 0.467. The Morgan fingerprint density at radius 3 is 0.556 bits per heavy atom. The largest absolute Gasteiger partial charge is 3.00 e. The van der Waals surface area contributed by atoms with Crippen LogP contribution < -0.4 is 0 Å². The van der Waals surface area contributed by atoms with Gasteiger partial charge >= 0.3 is 39.0 Å². The molecule has 7 heteroatoms. The van der Waals surface area contributed by atoms with Crippen LogP contribution in [0.1, 0.15) is 0 Å². The summed E-state index contributed by atoms with van der Waals surface area (Å²) in [7, 11) is 0. The van der Waals surface area contributed by atoms with Crippen molar-refractivity contribution in [1.29, 1.82) is 0 Å². The van der Waals surface area contributed by atoms with Gasteiger partial charge < -0.3 is 16.4 Å². The van der Waals surface area contributed by atoms with Gasteiger partial charge in [-0.2, -0.15) is 0 Å². The number of hydrogen-bond donors (Lipinski definition) is 0. The minimum Gasteiger partial charge on any atom is -2.00 e. The van der Waals surface area contributed by atoms with Crippen LogP contribution >= 0.6 is 0 Å². The van der Waals surface area contributed by atoms with Crippen LogP contribution in [0.3, 0.4) is 0 Å². The quantitative estimate of drug-likeness (QED) is 0.525. The second kappa shape index (κ2) is 2170. The third-order valence-corrected chi connectivity index (χ3v) is 0. The summed E-state index contributed by atoms with van der Waals surface area (Å²) >= 11 is 0. The topological polar surface area (TPSA) is 120 Å². The zero-order valence-electron chi connectivity index (χ0n) is 3.71. The van der Waals surface area contributed by atoms with Crippen LogP contribution in [0.4, 0.5) is 0 Å². The predicted molar refractivity (Wildman–Crippen MR) is 13.4 cm³/mol. The van der Waals surface area contributed by atoms with Crippen molar-refractivity contribution in [2.45, 2.75) is 0 Å². The molecular formula is C2O5Rh2. The fourth-order valence-electron chi connectivity index (χ4n) is 0. The average molecular weight is 310 g/mol. The zero-order valence-corrected chi connectivity index (χ0v) is 6.99. The molecule has 0 aromatic rings. The van der Waals surface area contributed by atoms with Crippen molar-refractivity contribution in [2.75, 3.05) is 0 Å². The summed E-state index contributed by atoms with van der Waals surface area (Å²) in [4.78, 5) is 15.0. The third-order valence-electron chi connectivity index (χ3n) is 0. The van der Waals surface area contributed by atoms with Crippen LogP contribution in [0.25, 0.3) is 0 Å². The summed E-state index contributed by atoms with van der Waals surface area (Å²) in [5, 5.41) is 0. The second-order valence-electron chi connectivity index (χ2n) is 0. The van der Waals surface area contributed by atoms with Gasteiger partial charge in [-0.3, -0.25) is 9.59 Å². The molecule has 0 unspecified atom stereocenters. The van der Waals surface area contributed by atoms with Crippen LogP contribution in [0.5, 0.6) is 0 Å². The first kappa shape index (κ1) is 112. The summed E-state index contributed by atoms with van der Waals surface area (Å²) in [6.07, 6.45) is 0. The van der Waals surface area contributed by atoms with Gasteiger partial charge in [0.05, 0.1) is 0 Å². The first-order valence-electron chi connectivity index (χ1n) is 0.408. The molecule has 0 N–H and O–H groups in total.